The Labute approximate surface area is 194 Å². The fourth-order valence-corrected chi connectivity index (χ4v) is 3.63. The third-order valence-corrected chi connectivity index (χ3v) is 5.34. The fraction of sp³-hybridized carbons (Fsp3) is 0.417. The Hall–Kier alpha value is -3.30. The second-order valence-corrected chi connectivity index (χ2v) is 7.61. The molecule has 178 valence electrons. The Morgan fingerprint density at radius 2 is 1.85 bits per heavy atom. The summed E-state index contributed by atoms with van der Waals surface area (Å²) in [6.07, 6.45) is -0.495. The number of nitrogens with zero attached hydrogens (tertiary/aromatic N) is 2. The molecule has 0 unspecified atom stereocenters. The number of hydrogen-bond acceptors (Lipinski definition) is 7. The number of hydrogen-bond donors (Lipinski definition) is 3. The number of nitrogens with two attached hydrogens (primary N) is 1. The number of nitrogens with one attached hydrogen (secondary N) is 2. The van der Waals surface area contributed by atoms with Gasteiger partial charge in [0.1, 0.15) is 12.4 Å². The molecule has 3 rings (SSSR count). The van der Waals surface area contributed by atoms with Crippen LogP contribution in [0.15, 0.2) is 48.5 Å². The SMILES string of the molecule is CCOc1ccccc1NC(=O)OCCN1CCN(c2cccc(C(=O)NCCN)c2)CC1. The smallest absolute Gasteiger partial charge is 0.411 e. The first-order valence-corrected chi connectivity index (χ1v) is 11.3. The van der Waals surface area contributed by atoms with E-state index in [-0.39, 0.29) is 5.91 Å². The number of anilines is 2. The molecule has 1 fully saturated rings. The molecule has 0 radical (unpaired) electrons. The van der Waals surface area contributed by atoms with Crippen molar-refractivity contribution < 1.29 is 19.1 Å². The zero-order chi connectivity index (χ0) is 23.5. The zero-order valence-electron chi connectivity index (χ0n) is 19.1. The molecule has 0 saturated carbocycles. The molecule has 2 amide bonds. The number of piperazine rings is 1. The molecular weight excluding hydrogens is 422 g/mol. The highest BCUT2D eigenvalue weighted by atomic mass is 16.5. The standard InChI is InChI=1S/C24H33N5O4/c1-2-32-22-9-4-3-8-21(22)27-24(31)33-17-16-28-12-14-29(15-13-28)20-7-5-6-19(18-20)23(30)26-11-10-25/h3-9,18H,2,10-17,25H2,1H3,(H,26,30)(H,27,31). The fourth-order valence-electron chi connectivity index (χ4n) is 3.63. The number of ether oxygens (including phenoxy) is 2. The summed E-state index contributed by atoms with van der Waals surface area (Å²) in [5.41, 5.74) is 7.71. The highest BCUT2D eigenvalue weighted by molar-refractivity contribution is 5.95. The molecule has 4 N–H and O–H groups in total. The van der Waals surface area contributed by atoms with Gasteiger partial charge in [-0.1, -0.05) is 18.2 Å². The van der Waals surface area contributed by atoms with Crippen molar-refractivity contribution in [1.29, 1.82) is 0 Å². The van der Waals surface area contributed by atoms with Gasteiger partial charge in [0, 0.05) is 57.1 Å². The number of benzene rings is 2. The van der Waals surface area contributed by atoms with Gasteiger partial charge in [0.2, 0.25) is 0 Å². The number of para-hydroxylation sites is 2. The minimum atomic E-state index is -0.495. The van der Waals surface area contributed by atoms with Gasteiger partial charge in [-0.2, -0.15) is 0 Å². The topological polar surface area (TPSA) is 109 Å². The van der Waals surface area contributed by atoms with Crippen molar-refractivity contribution in [2.45, 2.75) is 6.92 Å². The van der Waals surface area contributed by atoms with Crippen LogP contribution >= 0.6 is 0 Å². The lowest BCUT2D eigenvalue weighted by atomic mass is 10.1. The highest BCUT2D eigenvalue weighted by Crippen LogP contribution is 2.23. The van der Waals surface area contributed by atoms with Crippen LogP contribution in [0.1, 0.15) is 17.3 Å². The highest BCUT2D eigenvalue weighted by Gasteiger charge is 2.18. The molecule has 9 nitrogen and oxygen atoms in total. The molecule has 0 atom stereocenters. The molecule has 1 aliphatic heterocycles. The van der Waals surface area contributed by atoms with Crippen LogP contribution < -0.4 is 26.0 Å². The second kappa shape index (κ2) is 12.7. The lowest BCUT2D eigenvalue weighted by Crippen LogP contribution is -2.47. The molecule has 2 aromatic carbocycles. The maximum Gasteiger partial charge on any atom is 0.411 e. The Morgan fingerprint density at radius 3 is 2.61 bits per heavy atom. The Kier molecular flexibility index (Phi) is 9.34. The molecule has 0 aliphatic carbocycles. The molecule has 0 aromatic heterocycles. The lowest BCUT2D eigenvalue weighted by molar-refractivity contribution is 0.0954. The summed E-state index contributed by atoms with van der Waals surface area (Å²) >= 11 is 0. The van der Waals surface area contributed by atoms with Gasteiger partial charge in [0.05, 0.1) is 12.3 Å². The van der Waals surface area contributed by atoms with E-state index < -0.39 is 6.09 Å². The van der Waals surface area contributed by atoms with Gasteiger partial charge in [-0.15, -0.1) is 0 Å². The van der Waals surface area contributed by atoms with Crippen LogP contribution in [-0.2, 0) is 4.74 Å². The van der Waals surface area contributed by atoms with Crippen molar-refractivity contribution in [3.8, 4) is 5.75 Å². The second-order valence-electron chi connectivity index (χ2n) is 7.61. The average molecular weight is 456 g/mol. The van der Waals surface area contributed by atoms with Crippen molar-refractivity contribution in [1.82, 2.24) is 10.2 Å². The van der Waals surface area contributed by atoms with Crippen LogP contribution in [-0.4, -0.2) is 75.9 Å². The Balaban J connectivity index is 1.40. The van der Waals surface area contributed by atoms with Crippen LogP contribution in [0.2, 0.25) is 0 Å². The molecule has 0 spiro atoms. The van der Waals surface area contributed by atoms with Gasteiger partial charge in [-0.3, -0.25) is 15.0 Å². The monoisotopic (exact) mass is 455 g/mol. The summed E-state index contributed by atoms with van der Waals surface area (Å²) in [5.74, 6) is 0.509. The van der Waals surface area contributed by atoms with Crippen molar-refractivity contribution in [2.75, 3.05) is 69.2 Å². The predicted octanol–water partition coefficient (Wildman–Crippen LogP) is 2.14. The van der Waals surface area contributed by atoms with Gasteiger partial charge in [0.15, 0.2) is 0 Å². The predicted molar refractivity (Wildman–Crippen MR) is 129 cm³/mol. The number of carbonyl (C=O) groups excluding carboxylic acids is 2. The van der Waals surface area contributed by atoms with Gasteiger partial charge in [-0.05, 0) is 37.3 Å². The average Bonchev–Trinajstić information content (AvgIpc) is 2.84. The van der Waals surface area contributed by atoms with E-state index in [0.29, 0.717) is 49.8 Å². The maximum atomic E-state index is 12.2. The summed E-state index contributed by atoms with van der Waals surface area (Å²) < 4.78 is 10.9. The van der Waals surface area contributed by atoms with Crippen molar-refractivity contribution in [3.63, 3.8) is 0 Å². The lowest BCUT2D eigenvalue weighted by Gasteiger charge is -2.36. The van der Waals surface area contributed by atoms with Crippen LogP contribution in [0.3, 0.4) is 0 Å². The molecule has 1 saturated heterocycles. The van der Waals surface area contributed by atoms with Gasteiger partial charge < -0.3 is 25.4 Å². The van der Waals surface area contributed by atoms with E-state index in [9.17, 15) is 9.59 Å². The van der Waals surface area contributed by atoms with E-state index in [1.54, 1.807) is 18.2 Å². The number of carbonyl (C=O) groups is 2. The summed E-state index contributed by atoms with van der Waals surface area (Å²) in [6.45, 7) is 7.62. The van der Waals surface area contributed by atoms with E-state index >= 15 is 0 Å². The first-order chi connectivity index (χ1) is 16.1. The van der Waals surface area contributed by atoms with Gasteiger partial charge >= 0.3 is 6.09 Å². The maximum absolute atomic E-state index is 12.2. The van der Waals surface area contributed by atoms with E-state index in [0.717, 1.165) is 31.9 Å². The molecule has 1 heterocycles. The van der Waals surface area contributed by atoms with E-state index in [1.807, 2.05) is 37.3 Å². The Bertz CT molecular complexity index is 915. The molecular formula is C24H33N5O4. The summed E-state index contributed by atoms with van der Waals surface area (Å²) in [4.78, 5) is 28.8. The quantitative estimate of drug-likeness (QED) is 0.504. The molecule has 0 bridgehead atoms. The summed E-state index contributed by atoms with van der Waals surface area (Å²) in [7, 11) is 0. The molecule has 33 heavy (non-hydrogen) atoms. The molecule has 9 heteroatoms. The molecule has 2 aromatic rings. The summed E-state index contributed by atoms with van der Waals surface area (Å²) in [5, 5.41) is 5.53. The van der Waals surface area contributed by atoms with Crippen molar-refractivity contribution in [3.05, 3.63) is 54.1 Å². The first kappa shape index (κ1) is 24.3. The van der Waals surface area contributed by atoms with Crippen LogP contribution in [0, 0.1) is 0 Å². The van der Waals surface area contributed by atoms with Crippen LogP contribution in [0.25, 0.3) is 0 Å². The third-order valence-electron chi connectivity index (χ3n) is 5.34. The van der Waals surface area contributed by atoms with Crippen molar-refractivity contribution >= 4 is 23.4 Å². The minimum Gasteiger partial charge on any atom is -0.492 e. The van der Waals surface area contributed by atoms with E-state index in [2.05, 4.69) is 20.4 Å². The largest absolute Gasteiger partial charge is 0.492 e. The third kappa shape index (κ3) is 7.37. The Morgan fingerprint density at radius 1 is 1.06 bits per heavy atom. The van der Waals surface area contributed by atoms with E-state index in [4.69, 9.17) is 15.2 Å². The normalized spacial score (nSPS) is 13.9. The van der Waals surface area contributed by atoms with Crippen LogP contribution in [0.4, 0.5) is 16.2 Å². The summed E-state index contributed by atoms with van der Waals surface area (Å²) in [6, 6.07) is 14.9. The van der Waals surface area contributed by atoms with E-state index in [1.165, 1.54) is 0 Å². The number of amides is 2. The minimum absolute atomic E-state index is 0.111. The molecule has 1 aliphatic rings. The number of rotatable bonds is 10. The van der Waals surface area contributed by atoms with Crippen LogP contribution in [0.5, 0.6) is 5.75 Å². The van der Waals surface area contributed by atoms with Gasteiger partial charge in [-0.25, -0.2) is 4.79 Å². The first-order valence-electron chi connectivity index (χ1n) is 11.3. The van der Waals surface area contributed by atoms with Crippen molar-refractivity contribution in [2.24, 2.45) is 5.73 Å². The van der Waals surface area contributed by atoms with Gasteiger partial charge in [0.25, 0.3) is 5.91 Å². The zero-order valence-corrected chi connectivity index (χ0v) is 19.1.